The van der Waals surface area contributed by atoms with Crippen LogP contribution in [0.25, 0.3) is 0 Å². The number of piperidine rings is 2. The van der Waals surface area contributed by atoms with Crippen molar-refractivity contribution in [2.24, 2.45) is 0 Å². The fraction of sp³-hybridized carbons (Fsp3) is 0.571. The Morgan fingerprint density at radius 3 is 2.26 bits per heavy atom. The summed E-state index contributed by atoms with van der Waals surface area (Å²) in [4.78, 5) is 48.5. The second-order valence-electron chi connectivity index (χ2n) is 13.2. The molecule has 3 N–H and O–H groups in total. The monoisotopic (exact) mass is 632 g/mol. The number of piperazine rings is 1. The number of amides is 4. The van der Waals surface area contributed by atoms with Gasteiger partial charge in [-0.1, -0.05) is 30.3 Å². The Bertz CT molecular complexity index is 1390. The molecule has 46 heavy (non-hydrogen) atoms. The number of anilines is 1. The van der Waals surface area contributed by atoms with Gasteiger partial charge in [0.05, 0.1) is 0 Å². The van der Waals surface area contributed by atoms with Crippen molar-refractivity contribution in [3.05, 3.63) is 58.7 Å². The second-order valence-corrected chi connectivity index (χ2v) is 13.2. The van der Waals surface area contributed by atoms with Gasteiger partial charge in [0.25, 0.3) is 5.91 Å². The van der Waals surface area contributed by atoms with Crippen LogP contribution in [0.1, 0.15) is 47.9 Å². The number of urea groups is 1. The summed E-state index contributed by atoms with van der Waals surface area (Å²) in [6, 6.07) is 12.1. The first-order valence-electron chi connectivity index (χ1n) is 16.9. The molecule has 4 amide bonds. The summed E-state index contributed by atoms with van der Waals surface area (Å²) in [7, 11) is 0. The molecule has 3 fully saturated rings. The maximum atomic E-state index is 14.0. The zero-order valence-corrected chi connectivity index (χ0v) is 27.2. The molecule has 0 aliphatic carbocycles. The Hall–Kier alpha value is -3.83. The third kappa shape index (κ3) is 7.25. The normalized spacial score (nSPS) is 20.9. The van der Waals surface area contributed by atoms with Crippen LogP contribution in [0.3, 0.4) is 0 Å². The summed E-state index contributed by atoms with van der Waals surface area (Å²) < 4.78 is 6.04. The fourth-order valence-corrected chi connectivity index (χ4v) is 7.53. The topological polar surface area (TPSA) is 118 Å². The second kappa shape index (κ2) is 14.3. The molecule has 248 valence electrons. The average molecular weight is 633 g/mol. The number of likely N-dealkylation sites (tertiary alicyclic amines) is 1. The van der Waals surface area contributed by atoms with Crippen LogP contribution < -0.4 is 10.6 Å². The van der Waals surface area contributed by atoms with E-state index in [1.165, 1.54) is 0 Å². The molecule has 1 atom stereocenters. The van der Waals surface area contributed by atoms with Crippen LogP contribution in [-0.4, -0.2) is 120 Å². The van der Waals surface area contributed by atoms with E-state index in [-0.39, 0.29) is 30.2 Å². The van der Waals surface area contributed by atoms with Gasteiger partial charge in [-0.15, -0.1) is 0 Å². The van der Waals surface area contributed by atoms with Crippen LogP contribution in [0.2, 0.25) is 0 Å². The number of phenols is 1. The molecular formula is C35H48N6O5. The third-order valence-corrected chi connectivity index (χ3v) is 10.2. The van der Waals surface area contributed by atoms with Crippen LogP contribution in [0.5, 0.6) is 5.75 Å². The minimum absolute atomic E-state index is 0.0231. The zero-order chi connectivity index (χ0) is 32.2. The van der Waals surface area contributed by atoms with Gasteiger partial charge in [0.1, 0.15) is 5.75 Å². The third-order valence-electron chi connectivity index (χ3n) is 10.2. The first-order valence-corrected chi connectivity index (χ1v) is 16.9. The summed E-state index contributed by atoms with van der Waals surface area (Å²) in [6.45, 7) is 10.1. The van der Waals surface area contributed by atoms with E-state index >= 15 is 0 Å². The molecule has 0 radical (unpaired) electrons. The predicted molar refractivity (Wildman–Crippen MR) is 176 cm³/mol. The Kier molecular flexibility index (Phi) is 9.98. The molecule has 4 aliphatic heterocycles. The van der Waals surface area contributed by atoms with Gasteiger partial charge in [0.15, 0.2) is 6.10 Å². The number of benzene rings is 2. The summed E-state index contributed by atoms with van der Waals surface area (Å²) in [5.41, 5.74) is 4.29. The summed E-state index contributed by atoms with van der Waals surface area (Å²) in [5, 5.41) is 16.8. The highest BCUT2D eigenvalue weighted by atomic mass is 16.6. The molecule has 11 heteroatoms. The number of aromatic hydroxyl groups is 1. The number of hydrogen-bond donors (Lipinski definition) is 3. The average Bonchev–Trinajstić information content (AvgIpc) is 3.25. The standard InChI is InChI=1S/C35H48N6O5/c1-24-21-26(22-25(2)32(24)42)23-31(33(43)39-19-17-38(18-20-39)28-7-12-36-13-8-28)46-35(45)40-14-10-29(11-15-40)41-16-9-27-5-3-4-6-30(27)37-34(41)44/h3-6,21-22,28-29,31,36,42H,7-20,23H2,1-2H3,(H,37,44). The first kappa shape index (κ1) is 32.1. The Balaban J connectivity index is 1.09. The lowest BCUT2D eigenvalue weighted by Crippen LogP contribution is -2.56. The SMILES string of the molecule is Cc1cc(CC(OC(=O)N2CCC(N3CCc4ccccc4NC3=O)CC2)C(=O)N2CCN(C3CCNCC3)CC2)cc(C)c1O. The lowest BCUT2D eigenvalue weighted by molar-refractivity contribution is -0.143. The molecule has 0 spiro atoms. The van der Waals surface area contributed by atoms with E-state index in [0.717, 1.165) is 73.4 Å². The van der Waals surface area contributed by atoms with Gasteiger partial charge < -0.3 is 35.2 Å². The van der Waals surface area contributed by atoms with E-state index in [1.807, 2.05) is 60.0 Å². The van der Waals surface area contributed by atoms with Crippen molar-refractivity contribution in [2.45, 2.75) is 70.6 Å². The molecule has 0 bridgehead atoms. The van der Waals surface area contributed by atoms with Gasteiger partial charge in [-0.3, -0.25) is 9.69 Å². The summed E-state index contributed by atoms with van der Waals surface area (Å²) >= 11 is 0. The number of para-hydroxylation sites is 1. The lowest BCUT2D eigenvalue weighted by Gasteiger charge is -2.41. The maximum absolute atomic E-state index is 14.0. The number of phenolic OH excluding ortho intramolecular Hbond substituents is 1. The smallest absolute Gasteiger partial charge is 0.410 e. The number of nitrogens with zero attached hydrogens (tertiary/aromatic N) is 4. The molecule has 6 rings (SSSR count). The van der Waals surface area contributed by atoms with Crippen LogP contribution in [0, 0.1) is 13.8 Å². The molecule has 3 saturated heterocycles. The Morgan fingerprint density at radius 2 is 1.57 bits per heavy atom. The van der Waals surface area contributed by atoms with Crippen molar-refractivity contribution in [3.63, 3.8) is 0 Å². The van der Waals surface area contributed by atoms with Crippen LogP contribution in [-0.2, 0) is 22.4 Å². The fourth-order valence-electron chi connectivity index (χ4n) is 7.53. The van der Waals surface area contributed by atoms with Gasteiger partial charge in [0, 0.05) is 70.0 Å². The van der Waals surface area contributed by atoms with E-state index in [0.29, 0.717) is 51.6 Å². The number of hydrogen-bond acceptors (Lipinski definition) is 7. The maximum Gasteiger partial charge on any atom is 0.410 e. The number of rotatable bonds is 6. The van der Waals surface area contributed by atoms with E-state index < -0.39 is 12.2 Å². The predicted octanol–water partition coefficient (Wildman–Crippen LogP) is 3.51. The van der Waals surface area contributed by atoms with Gasteiger partial charge in [-0.05, 0) is 87.4 Å². The number of carbonyl (C=O) groups excluding carboxylic acids is 3. The zero-order valence-electron chi connectivity index (χ0n) is 27.2. The van der Waals surface area contributed by atoms with Crippen LogP contribution in [0.4, 0.5) is 15.3 Å². The van der Waals surface area contributed by atoms with Gasteiger partial charge in [-0.25, -0.2) is 9.59 Å². The van der Waals surface area contributed by atoms with E-state index in [9.17, 15) is 19.5 Å². The molecule has 0 saturated carbocycles. The van der Waals surface area contributed by atoms with Crippen molar-refractivity contribution < 1.29 is 24.2 Å². The van der Waals surface area contributed by atoms with E-state index in [1.54, 1.807) is 4.90 Å². The molecule has 4 aliphatic rings. The highest BCUT2D eigenvalue weighted by Gasteiger charge is 2.36. The highest BCUT2D eigenvalue weighted by Crippen LogP contribution is 2.27. The van der Waals surface area contributed by atoms with E-state index in [4.69, 9.17) is 4.74 Å². The molecule has 1 unspecified atom stereocenters. The van der Waals surface area contributed by atoms with Crippen molar-refractivity contribution in [2.75, 3.05) is 64.2 Å². The van der Waals surface area contributed by atoms with Crippen LogP contribution >= 0.6 is 0 Å². The van der Waals surface area contributed by atoms with Gasteiger partial charge in [-0.2, -0.15) is 0 Å². The van der Waals surface area contributed by atoms with Crippen LogP contribution in [0.15, 0.2) is 36.4 Å². The number of carbonyl (C=O) groups is 3. The number of fused-ring (bicyclic) bond motifs is 1. The number of nitrogens with one attached hydrogen (secondary N) is 2. The molecular weight excluding hydrogens is 584 g/mol. The first-order chi connectivity index (χ1) is 22.3. The molecule has 4 heterocycles. The van der Waals surface area contributed by atoms with Crippen molar-refractivity contribution in [1.82, 2.24) is 24.9 Å². The lowest BCUT2D eigenvalue weighted by atomic mass is 10.00. The molecule has 11 nitrogen and oxygen atoms in total. The van der Waals surface area contributed by atoms with E-state index in [2.05, 4.69) is 15.5 Å². The summed E-state index contributed by atoms with van der Waals surface area (Å²) in [6.07, 6.45) is 3.11. The quantitative estimate of drug-likeness (QED) is 0.446. The minimum atomic E-state index is -0.964. The molecule has 2 aromatic rings. The minimum Gasteiger partial charge on any atom is -0.507 e. The molecule has 0 aromatic heterocycles. The van der Waals surface area contributed by atoms with Gasteiger partial charge >= 0.3 is 12.1 Å². The largest absolute Gasteiger partial charge is 0.507 e. The summed E-state index contributed by atoms with van der Waals surface area (Å²) in [5.74, 6) is 0.0693. The number of aryl methyl sites for hydroxylation is 2. The highest BCUT2D eigenvalue weighted by molar-refractivity contribution is 5.91. The Labute approximate surface area is 271 Å². The van der Waals surface area contributed by atoms with Crippen molar-refractivity contribution in [3.8, 4) is 5.75 Å². The van der Waals surface area contributed by atoms with Crippen molar-refractivity contribution >= 4 is 23.7 Å². The number of ether oxygens (including phenoxy) is 1. The molecule has 2 aromatic carbocycles. The van der Waals surface area contributed by atoms with Gasteiger partial charge in [0.2, 0.25) is 0 Å². The van der Waals surface area contributed by atoms with Crippen molar-refractivity contribution in [1.29, 1.82) is 0 Å². The Morgan fingerprint density at radius 1 is 0.891 bits per heavy atom.